The molecule has 0 aliphatic heterocycles. The molecule has 0 unspecified atom stereocenters. The highest BCUT2D eigenvalue weighted by molar-refractivity contribution is 5.95. The molecule has 0 radical (unpaired) electrons. The number of carbonyl (C=O) groups is 1. The van der Waals surface area contributed by atoms with E-state index in [0.29, 0.717) is 28.4 Å². The van der Waals surface area contributed by atoms with Gasteiger partial charge in [0, 0.05) is 17.3 Å². The van der Waals surface area contributed by atoms with Crippen LogP contribution >= 0.6 is 0 Å². The van der Waals surface area contributed by atoms with Gasteiger partial charge in [0.25, 0.3) is 5.91 Å². The van der Waals surface area contributed by atoms with Gasteiger partial charge in [0.15, 0.2) is 11.7 Å². The third-order valence-electron chi connectivity index (χ3n) is 4.42. The van der Waals surface area contributed by atoms with E-state index in [4.69, 9.17) is 13.9 Å². The first-order chi connectivity index (χ1) is 14.1. The minimum Gasteiger partial charge on any atom is -0.497 e. The molecule has 29 heavy (non-hydrogen) atoms. The number of rotatable bonds is 6. The number of nitrogens with one attached hydrogen (secondary N) is 1. The largest absolute Gasteiger partial charge is 0.497 e. The molecule has 4 aromatic rings. The summed E-state index contributed by atoms with van der Waals surface area (Å²) in [5.41, 5.74) is 2.76. The molecule has 0 spiro atoms. The second kappa shape index (κ2) is 8.06. The van der Waals surface area contributed by atoms with Crippen LogP contribution in [0.3, 0.4) is 0 Å². The molecule has 0 saturated carbocycles. The molecule has 1 heterocycles. The van der Waals surface area contributed by atoms with Crippen LogP contribution in [0, 0.1) is 0 Å². The normalized spacial score (nSPS) is 11.8. The molecule has 0 bridgehead atoms. The van der Waals surface area contributed by atoms with E-state index in [1.54, 1.807) is 26.2 Å². The summed E-state index contributed by atoms with van der Waals surface area (Å²) in [5.74, 6) is 1.67. The van der Waals surface area contributed by atoms with Crippen LogP contribution in [0.25, 0.3) is 22.6 Å². The van der Waals surface area contributed by atoms with E-state index in [1.165, 1.54) is 0 Å². The van der Waals surface area contributed by atoms with Crippen molar-refractivity contribution in [2.45, 2.75) is 13.0 Å². The predicted molar refractivity (Wildman–Crippen MR) is 111 cm³/mol. The Morgan fingerprint density at radius 1 is 1.00 bits per heavy atom. The first-order valence-electron chi connectivity index (χ1n) is 9.20. The van der Waals surface area contributed by atoms with E-state index in [2.05, 4.69) is 10.3 Å². The third kappa shape index (κ3) is 4.21. The summed E-state index contributed by atoms with van der Waals surface area (Å²) < 4.78 is 16.7. The number of carbonyl (C=O) groups excluding carboxylic acids is 1. The van der Waals surface area contributed by atoms with Crippen molar-refractivity contribution in [2.24, 2.45) is 0 Å². The van der Waals surface area contributed by atoms with Gasteiger partial charge < -0.3 is 19.2 Å². The summed E-state index contributed by atoms with van der Waals surface area (Å²) in [5, 5.41) is 2.85. The average Bonchev–Trinajstić information content (AvgIpc) is 3.18. The number of hydrogen-bond donors (Lipinski definition) is 1. The number of oxazole rings is 1. The van der Waals surface area contributed by atoms with Crippen molar-refractivity contribution in [1.82, 2.24) is 4.98 Å². The number of methoxy groups -OCH3 is 1. The molecule has 0 saturated heterocycles. The summed E-state index contributed by atoms with van der Waals surface area (Å²) in [6, 6.07) is 22.1. The van der Waals surface area contributed by atoms with E-state index in [1.807, 2.05) is 60.7 Å². The lowest BCUT2D eigenvalue weighted by Gasteiger charge is -2.14. The minimum atomic E-state index is -0.641. The highest BCUT2D eigenvalue weighted by Crippen LogP contribution is 2.27. The predicted octanol–water partition coefficient (Wildman–Crippen LogP) is 4.91. The number of para-hydroxylation sites is 1. The minimum absolute atomic E-state index is 0.247. The first-order valence-corrected chi connectivity index (χ1v) is 9.20. The standard InChI is InChI=1S/C23H20N2O4/c1-15(28-19-6-4-3-5-7-19)22(26)24-17-10-13-20-21(14-17)29-23(25-20)16-8-11-18(27-2)12-9-16/h3-15H,1-2H3,(H,24,26)/t15-/m0/s1. The van der Waals surface area contributed by atoms with Crippen LogP contribution in [0.5, 0.6) is 11.5 Å². The summed E-state index contributed by atoms with van der Waals surface area (Å²) in [6.45, 7) is 1.71. The Hall–Kier alpha value is -3.80. The fourth-order valence-corrected chi connectivity index (χ4v) is 2.86. The Morgan fingerprint density at radius 3 is 2.48 bits per heavy atom. The lowest BCUT2D eigenvalue weighted by molar-refractivity contribution is -0.122. The Morgan fingerprint density at radius 2 is 1.76 bits per heavy atom. The maximum atomic E-state index is 12.4. The highest BCUT2D eigenvalue weighted by atomic mass is 16.5. The molecule has 0 aliphatic rings. The second-order valence-corrected chi connectivity index (χ2v) is 6.49. The molecular formula is C23H20N2O4. The van der Waals surface area contributed by atoms with Crippen LogP contribution in [0.15, 0.2) is 77.2 Å². The van der Waals surface area contributed by atoms with Crippen molar-refractivity contribution in [2.75, 3.05) is 12.4 Å². The maximum absolute atomic E-state index is 12.4. The van der Waals surface area contributed by atoms with Crippen molar-refractivity contribution < 1.29 is 18.7 Å². The molecule has 3 aromatic carbocycles. The van der Waals surface area contributed by atoms with Crippen molar-refractivity contribution in [3.8, 4) is 23.0 Å². The van der Waals surface area contributed by atoms with Gasteiger partial charge in [-0.05, 0) is 55.5 Å². The fourth-order valence-electron chi connectivity index (χ4n) is 2.86. The van der Waals surface area contributed by atoms with Crippen LogP contribution in [-0.2, 0) is 4.79 Å². The number of aromatic nitrogens is 1. The van der Waals surface area contributed by atoms with Crippen molar-refractivity contribution in [3.63, 3.8) is 0 Å². The smallest absolute Gasteiger partial charge is 0.265 e. The van der Waals surface area contributed by atoms with E-state index in [0.717, 1.165) is 11.3 Å². The Balaban J connectivity index is 1.49. The lowest BCUT2D eigenvalue weighted by atomic mass is 10.2. The van der Waals surface area contributed by atoms with Gasteiger partial charge in [-0.15, -0.1) is 0 Å². The lowest BCUT2D eigenvalue weighted by Crippen LogP contribution is -2.30. The van der Waals surface area contributed by atoms with Crippen molar-refractivity contribution in [1.29, 1.82) is 0 Å². The summed E-state index contributed by atoms with van der Waals surface area (Å²) in [4.78, 5) is 17.0. The summed E-state index contributed by atoms with van der Waals surface area (Å²) in [7, 11) is 1.62. The van der Waals surface area contributed by atoms with Crippen LogP contribution in [0.1, 0.15) is 6.92 Å². The zero-order valence-corrected chi connectivity index (χ0v) is 16.1. The van der Waals surface area contributed by atoms with Crippen LogP contribution in [0.2, 0.25) is 0 Å². The number of nitrogens with zero attached hydrogens (tertiary/aromatic N) is 1. The number of hydrogen-bond acceptors (Lipinski definition) is 5. The van der Waals surface area contributed by atoms with Crippen molar-refractivity contribution in [3.05, 3.63) is 72.8 Å². The molecule has 1 amide bonds. The monoisotopic (exact) mass is 388 g/mol. The van der Waals surface area contributed by atoms with Gasteiger partial charge in [-0.3, -0.25) is 4.79 Å². The number of benzene rings is 3. The van der Waals surface area contributed by atoms with Crippen LogP contribution in [-0.4, -0.2) is 24.1 Å². The highest BCUT2D eigenvalue weighted by Gasteiger charge is 2.16. The zero-order chi connectivity index (χ0) is 20.2. The van der Waals surface area contributed by atoms with Crippen LogP contribution < -0.4 is 14.8 Å². The topological polar surface area (TPSA) is 73.6 Å². The Kier molecular flexibility index (Phi) is 5.16. The second-order valence-electron chi connectivity index (χ2n) is 6.49. The molecule has 0 fully saturated rings. The fraction of sp³-hybridized carbons (Fsp3) is 0.130. The zero-order valence-electron chi connectivity index (χ0n) is 16.1. The third-order valence-corrected chi connectivity index (χ3v) is 4.42. The van der Waals surface area contributed by atoms with Gasteiger partial charge in [0.2, 0.25) is 5.89 Å². The molecule has 4 rings (SSSR count). The first kappa shape index (κ1) is 18.6. The van der Waals surface area contributed by atoms with E-state index in [9.17, 15) is 4.79 Å². The number of anilines is 1. The quantitative estimate of drug-likeness (QED) is 0.508. The molecule has 146 valence electrons. The Labute approximate surface area is 168 Å². The number of amides is 1. The number of ether oxygens (including phenoxy) is 2. The van der Waals surface area contributed by atoms with Gasteiger partial charge >= 0.3 is 0 Å². The van der Waals surface area contributed by atoms with Gasteiger partial charge in [-0.25, -0.2) is 4.98 Å². The van der Waals surface area contributed by atoms with Gasteiger partial charge in [-0.1, -0.05) is 18.2 Å². The Bertz CT molecular complexity index is 1120. The molecule has 1 atom stereocenters. The molecular weight excluding hydrogens is 368 g/mol. The SMILES string of the molecule is COc1ccc(-c2nc3ccc(NC(=O)[C@H](C)Oc4ccccc4)cc3o2)cc1. The van der Waals surface area contributed by atoms with E-state index >= 15 is 0 Å². The molecule has 1 N–H and O–H groups in total. The maximum Gasteiger partial charge on any atom is 0.265 e. The number of fused-ring (bicyclic) bond motifs is 1. The molecule has 6 heteroatoms. The van der Waals surface area contributed by atoms with Gasteiger partial charge in [0.1, 0.15) is 17.0 Å². The average molecular weight is 388 g/mol. The van der Waals surface area contributed by atoms with Gasteiger partial charge in [-0.2, -0.15) is 0 Å². The molecule has 0 aliphatic carbocycles. The van der Waals surface area contributed by atoms with E-state index < -0.39 is 6.10 Å². The van der Waals surface area contributed by atoms with Gasteiger partial charge in [0.05, 0.1) is 7.11 Å². The molecule has 6 nitrogen and oxygen atoms in total. The summed E-state index contributed by atoms with van der Waals surface area (Å²) in [6.07, 6.45) is -0.641. The van der Waals surface area contributed by atoms with Crippen molar-refractivity contribution >= 4 is 22.7 Å². The molecule has 1 aromatic heterocycles. The van der Waals surface area contributed by atoms with E-state index in [-0.39, 0.29) is 5.91 Å². The summed E-state index contributed by atoms with van der Waals surface area (Å²) >= 11 is 0. The van der Waals surface area contributed by atoms with Crippen LogP contribution in [0.4, 0.5) is 5.69 Å².